The predicted octanol–water partition coefficient (Wildman–Crippen LogP) is 2.88. The summed E-state index contributed by atoms with van der Waals surface area (Å²) in [6.07, 6.45) is 2.31. The Morgan fingerprint density at radius 2 is 1.96 bits per heavy atom. The number of amides is 3. The summed E-state index contributed by atoms with van der Waals surface area (Å²) in [6.45, 7) is 0. The molecule has 3 N–H and O–H groups in total. The Bertz CT molecular complexity index is 853. The molecule has 2 aromatic carbocycles. The molecule has 7 heteroatoms. The Morgan fingerprint density at radius 1 is 1.15 bits per heavy atom. The molecule has 1 heterocycles. The summed E-state index contributed by atoms with van der Waals surface area (Å²) in [4.78, 5) is 37.8. The molecule has 134 valence electrons. The standard InChI is InChI=1S/C19H19N3O3S/c1-26-13-6-4-5-12(11-13)20-17(23)10-9-16-19(25)21-15-8-3-2-7-14(15)18(24)22-16/h2-8,11,16H,9-10H2,1H3,(H,20,23)(H,21,25)(H,22,24)/t16-/m0/s1. The highest BCUT2D eigenvalue weighted by Crippen LogP contribution is 2.21. The van der Waals surface area contributed by atoms with E-state index in [-0.39, 0.29) is 30.6 Å². The average Bonchev–Trinajstić information content (AvgIpc) is 2.76. The number of anilines is 2. The Kier molecular flexibility index (Phi) is 5.58. The van der Waals surface area contributed by atoms with E-state index < -0.39 is 6.04 Å². The lowest BCUT2D eigenvalue weighted by Gasteiger charge is -2.14. The van der Waals surface area contributed by atoms with Gasteiger partial charge in [0.25, 0.3) is 5.91 Å². The molecule has 0 aliphatic carbocycles. The van der Waals surface area contributed by atoms with Crippen LogP contribution in [0.1, 0.15) is 23.2 Å². The van der Waals surface area contributed by atoms with Crippen LogP contribution in [0.5, 0.6) is 0 Å². The summed E-state index contributed by atoms with van der Waals surface area (Å²) in [6, 6.07) is 13.6. The summed E-state index contributed by atoms with van der Waals surface area (Å²) < 4.78 is 0. The van der Waals surface area contributed by atoms with Crippen molar-refractivity contribution in [2.75, 3.05) is 16.9 Å². The van der Waals surface area contributed by atoms with E-state index in [1.165, 1.54) is 0 Å². The number of benzene rings is 2. The molecule has 6 nitrogen and oxygen atoms in total. The number of carbonyl (C=O) groups is 3. The minimum atomic E-state index is -0.752. The van der Waals surface area contributed by atoms with Gasteiger partial charge in [0, 0.05) is 17.0 Å². The van der Waals surface area contributed by atoms with Gasteiger partial charge in [-0.3, -0.25) is 14.4 Å². The molecule has 0 spiro atoms. The molecule has 3 rings (SSSR count). The van der Waals surface area contributed by atoms with Crippen LogP contribution in [0.15, 0.2) is 53.4 Å². The van der Waals surface area contributed by atoms with E-state index in [4.69, 9.17) is 0 Å². The van der Waals surface area contributed by atoms with Crippen molar-refractivity contribution in [1.82, 2.24) is 5.32 Å². The third-order valence-corrected chi connectivity index (χ3v) is 4.79. The highest BCUT2D eigenvalue weighted by Gasteiger charge is 2.27. The number of carbonyl (C=O) groups excluding carboxylic acids is 3. The minimum Gasteiger partial charge on any atom is -0.340 e. The van der Waals surface area contributed by atoms with Crippen molar-refractivity contribution in [2.24, 2.45) is 0 Å². The first kappa shape index (κ1) is 18.0. The normalized spacial score (nSPS) is 16.1. The number of fused-ring (bicyclic) bond motifs is 1. The van der Waals surface area contributed by atoms with Gasteiger partial charge in [-0.25, -0.2) is 0 Å². The average molecular weight is 369 g/mol. The number of para-hydroxylation sites is 1. The topological polar surface area (TPSA) is 87.3 Å². The number of nitrogens with one attached hydrogen (secondary N) is 3. The fraction of sp³-hybridized carbons (Fsp3) is 0.211. The molecule has 3 amide bonds. The maximum atomic E-state index is 12.3. The van der Waals surface area contributed by atoms with E-state index in [2.05, 4.69) is 16.0 Å². The zero-order valence-corrected chi connectivity index (χ0v) is 15.1. The van der Waals surface area contributed by atoms with Crippen molar-refractivity contribution in [3.63, 3.8) is 0 Å². The second-order valence-corrected chi connectivity index (χ2v) is 6.76. The Balaban J connectivity index is 1.60. The van der Waals surface area contributed by atoms with Crippen molar-refractivity contribution in [3.8, 4) is 0 Å². The van der Waals surface area contributed by atoms with Crippen LogP contribution in [0, 0.1) is 0 Å². The monoisotopic (exact) mass is 369 g/mol. The fourth-order valence-electron chi connectivity index (χ4n) is 2.71. The maximum Gasteiger partial charge on any atom is 0.254 e. The minimum absolute atomic E-state index is 0.123. The van der Waals surface area contributed by atoms with E-state index in [0.29, 0.717) is 16.9 Å². The second kappa shape index (κ2) is 8.05. The zero-order chi connectivity index (χ0) is 18.5. The molecular weight excluding hydrogens is 350 g/mol. The van der Waals surface area contributed by atoms with Gasteiger partial charge < -0.3 is 16.0 Å². The predicted molar refractivity (Wildman–Crippen MR) is 102 cm³/mol. The molecule has 1 aliphatic rings. The molecule has 0 saturated heterocycles. The van der Waals surface area contributed by atoms with E-state index in [1.807, 2.05) is 30.5 Å². The van der Waals surface area contributed by atoms with Gasteiger partial charge in [0.2, 0.25) is 11.8 Å². The quantitative estimate of drug-likeness (QED) is 0.707. The summed E-state index contributed by atoms with van der Waals surface area (Å²) in [5.74, 6) is -0.843. The largest absolute Gasteiger partial charge is 0.340 e. The van der Waals surface area contributed by atoms with E-state index >= 15 is 0 Å². The lowest BCUT2D eigenvalue weighted by atomic mass is 10.1. The van der Waals surface area contributed by atoms with Gasteiger partial charge >= 0.3 is 0 Å². The summed E-state index contributed by atoms with van der Waals surface area (Å²) in [5, 5.41) is 8.24. The molecule has 0 unspecified atom stereocenters. The maximum absolute atomic E-state index is 12.3. The van der Waals surface area contributed by atoms with Crippen LogP contribution >= 0.6 is 11.8 Å². The van der Waals surface area contributed by atoms with Crippen molar-refractivity contribution >= 4 is 40.9 Å². The first-order valence-corrected chi connectivity index (χ1v) is 9.44. The lowest BCUT2D eigenvalue weighted by Crippen LogP contribution is -2.41. The number of thioether (sulfide) groups is 1. The lowest BCUT2D eigenvalue weighted by molar-refractivity contribution is -0.118. The van der Waals surface area contributed by atoms with Gasteiger partial charge in [-0.15, -0.1) is 11.8 Å². The van der Waals surface area contributed by atoms with E-state index in [1.54, 1.807) is 36.0 Å². The molecule has 0 aromatic heterocycles. The van der Waals surface area contributed by atoms with Gasteiger partial charge in [0.05, 0.1) is 11.3 Å². The summed E-state index contributed by atoms with van der Waals surface area (Å²) >= 11 is 1.59. The molecule has 0 fully saturated rings. The van der Waals surface area contributed by atoms with Crippen molar-refractivity contribution < 1.29 is 14.4 Å². The van der Waals surface area contributed by atoms with Crippen LogP contribution in [0.4, 0.5) is 11.4 Å². The first-order valence-electron chi connectivity index (χ1n) is 8.21. The molecule has 1 atom stereocenters. The van der Waals surface area contributed by atoms with E-state index in [9.17, 15) is 14.4 Å². The molecule has 26 heavy (non-hydrogen) atoms. The van der Waals surface area contributed by atoms with Crippen LogP contribution < -0.4 is 16.0 Å². The molecule has 2 aromatic rings. The summed E-state index contributed by atoms with van der Waals surface area (Å²) in [5.41, 5.74) is 1.61. The number of hydrogen-bond acceptors (Lipinski definition) is 4. The van der Waals surface area contributed by atoms with Crippen molar-refractivity contribution in [3.05, 3.63) is 54.1 Å². The third-order valence-electron chi connectivity index (χ3n) is 4.06. The first-order chi connectivity index (χ1) is 12.6. The van der Waals surface area contributed by atoms with E-state index in [0.717, 1.165) is 4.90 Å². The highest BCUT2D eigenvalue weighted by molar-refractivity contribution is 7.98. The van der Waals surface area contributed by atoms with Gasteiger partial charge in [-0.1, -0.05) is 18.2 Å². The SMILES string of the molecule is CSc1cccc(NC(=O)CC[C@@H]2NC(=O)c3ccccc3NC2=O)c1. The fourth-order valence-corrected chi connectivity index (χ4v) is 3.17. The van der Waals surface area contributed by atoms with Gasteiger partial charge in [-0.05, 0) is 43.0 Å². The third kappa shape index (κ3) is 4.23. The van der Waals surface area contributed by atoms with Crippen molar-refractivity contribution in [1.29, 1.82) is 0 Å². The molecular formula is C19H19N3O3S. The van der Waals surface area contributed by atoms with Gasteiger partial charge in [0.1, 0.15) is 6.04 Å². The van der Waals surface area contributed by atoms with Crippen LogP contribution in [-0.4, -0.2) is 30.0 Å². The van der Waals surface area contributed by atoms with Gasteiger partial charge in [-0.2, -0.15) is 0 Å². The molecule has 1 aliphatic heterocycles. The zero-order valence-electron chi connectivity index (χ0n) is 14.2. The highest BCUT2D eigenvalue weighted by atomic mass is 32.2. The van der Waals surface area contributed by atoms with Crippen LogP contribution in [-0.2, 0) is 9.59 Å². The Morgan fingerprint density at radius 3 is 2.77 bits per heavy atom. The van der Waals surface area contributed by atoms with Gasteiger partial charge in [0.15, 0.2) is 0 Å². The molecule has 0 radical (unpaired) electrons. The second-order valence-electron chi connectivity index (χ2n) is 5.88. The van der Waals surface area contributed by atoms with Crippen LogP contribution in [0.25, 0.3) is 0 Å². The number of rotatable bonds is 5. The Hall–Kier alpha value is -2.80. The smallest absolute Gasteiger partial charge is 0.254 e. The Labute approximate surface area is 155 Å². The summed E-state index contributed by atoms with van der Waals surface area (Å²) in [7, 11) is 0. The van der Waals surface area contributed by atoms with Crippen LogP contribution in [0.2, 0.25) is 0 Å². The van der Waals surface area contributed by atoms with Crippen molar-refractivity contribution in [2.45, 2.75) is 23.8 Å². The number of hydrogen-bond donors (Lipinski definition) is 3. The van der Waals surface area contributed by atoms with Crippen LogP contribution in [0.3, 0.4) is 0 Å². The molecule has 0 saturated carbocycles. The molecule has 0 bridgehead atoms.